The Morgan fingerprint density at radius 1 is 1.23 bits per heavy atom. The van der Waals surface area contributed by atoms with Gasteiger partial charge in [-0.25, -0.2) is 0 Å². The van der Waals surface area contributed by atoms with Crippen molar-refractivity contribution in [1.29, 1.82) is 0 Å². The van der Waals surface area contributed by atoms with Gasteiger partial charge in [0.2, 0.25) is 0 Å². The number of ether oxygens (including phenoxy) is 1. The standard InChI is InChI=1S/C11H13NO/c1-13-11-6-4-10(5-7-11)12-8-2-3-9-12/h2,4-8H,3,9H2,1H3. The molecule has 1 heterocycles. The normalized spacial score (nSPS) is 15.0. The van der Waals surface area contributed by atoms with E-state index in [1.165, 1.54) is 5.69 Å². The van der Waals surface area contributed by atoms with Crippen LogP contribution in [0.1, 0.15) is 6.42 Å². The molecule has 2 nitrogen and oxygen atoms in total. The van der Waals surface area contributed by atoms with Crippen molar-refractivity contribution in [2.75, 3.05) is 18.6 Å². The van der Waals surface area contributed by atoms with E-state index in [2.05, 4.69) is 29.3 Å². The van der Waals surface area contributed by atoms with Gasteiger partial charge in [0.05, 0.1) is 7.11 Å². The average molecular weight is 175 g/mol. The van der Waals surface area contributed by atoms with Gasteiger partial charge in [0, 0.05) is 18.4 Å². The van der Waals surface area contributed by atoms with Crippen LogP contribution in [0.4, 0.5) is 5.69 Å². The number of nitrogens with zero attached hydrogens (tertiary/aromatic N) is 1. The van der Waals surface area contributed by atoms with Crippen LogP contribution in [0.3, 0.4) is 0 Å². The number of rotatable bonds is 2. The minimum Gasteiger partial charge on any atom is -0.497 e. The Bertz CT molecular complexity index is 302. The Morgan fingerprint density at radius 3 is 2.54 bits per heavy atom. The number of hydrogen-bond donors (Lipinski definition) is 0. The van der Waals surface area contributed by atoms with Crippen molar-refractivity contribution in [3.8, 4) is 5.75 Å². The van der Waals surface area contributed by atoms with Crippen molar-refractivity contribution in [1.82, 2.24) is 0 Å². The molecule has 2 rings (SSSR count). The smallest absolute Gasteiger partial charge is 0.119 e. The fourth-order valence-electron chi connectivity index (χ4n) is 1.48. The van der Waals surface area contributed by atoms with Crippen LogP contribution in [0, 0.1) is 0 Å². The molecule has 0 amide bonds. The number of benzene rings is 1. The van der Waals surface area contributed by atoms with Crippen LogP contribution >= 0.6 is 0 Å². The molecule has 0 aliphatic carbocycles. The van der Waals surface area contributed by atoms with Gasteiger partial charge in [0.25, 0.3) is 0 Å². The molecule has 1 aliphatic heterocycles. The maximum absolute atomic E-state index is 5.10. The maximum Gasteiger partial charge on any atom is 0.119 e. The molecule has 1 aromatic rings. The minimum atomic E-state index is 0.909. The van der Waals surface area contributed by atoms with E-state index in [4.69, 9.17) is 4.74 Å². The van der Waals surface area contributed by atoms with E-state index in [9.17, 15) is 0 Å². The van der Waals surface area contributed by atoms with Crippen LogP contribution < -0.4 is 9.64 Å². The van der Waals surface area contributed by atoms with Gasteiger partial charge in [-0.15, -0.1) is 0 Å². The number of anilines is 1. The van der Waals surface area contributed by atoms with Crippen molar-refractivity contribution >= 4 is 5.69 Å². The lowest BCUT2D eigenvalue weighted by Gasteiger charge is -2.15. The van der Waals surface area contributed by atoms with E-state index in [1.54, 1.807) is 7.11 Å². The van der Waals surface area contributed by atoms with E-state index < -0.39 is 0 Å². The summed E-state index contributed by atoms with van der Waals surface area (Å²) in [7, 11) is 1.69. The van der Waals surface area contributed by atoms with E-state index in [0.29, 0.717) is 0 Å². The molecule has 0 saturated heterocycles. The average Bonchev–Trinajstić information content (AvgIpc) is 2.71. The molecule has 0 aromatic heterocycles. The SMILES string of the molecule is COc1ccc(N2C=CCC2)cc1. The first-order valence-electron chi connectivity index (χ1n) is 4.47. The van der Waals surface area contributed by atoms with Gasteiger partial charge in [0.1, 0.15) is 5.75 Å². The summed E-state index contributed by atoms with van der Waals surface area (Å²) in [5, 5.41) is 0. The third kappa shape index (κ3) is 1.66. The largest absolute Gasteiger partial charge is 0.497 e. The first-order chi connectivity index (χ1) is 6.40. The second-order valence-corrected chi connectivity index (χ2v) is 3.06. The Hall–Kier alpha value is -1.44. The van der Waals surface area contributed by atoms with Gasteiger partial charge in [-0.3, -0.25) is 0 Å². The predicted molar refractivity (Wildman–Crippen MR) is 54.1 cm³/mol. The summed E-state index contributed by atoms with van der Waals surface area (Å²) in [5.74, 6) is 0.909. The highest BCUT2D eigenvalue weighted by Crippen LogP contribution is 2.21. The summed E-state index contributed by atoms with van der Waals surface area (Å²) in [6.45, 7) is 1.09. The van der Waals surface area contributed by atoms with Crippen molar-refractivity contribution in [2.45, 2.75) is 6.42 Å². The van der Waals surface area contributed by atoms with Crippen LogP contribution in [0.15, 0.2) is 36.5 Å². The summed E-state index contributed by atoms with van der Waals surface area (Å²) in [6, 6.07) is 8.13. The molecule has 0 spiro atoms. The molecule has 1 aromatic carbocycles. The van der Waals surface area contributed by atoms with Crippen molar-refractivity contribution < 1.29 is 4.74 Å². The molecule has 0 radical (unpaired) electrons. The summed E-state index contributed by atoms with van der Waals surface area (Å²) < 4.78 is 5.10. The fourth-order valence-corrected chi connectivity index (χ4v) is 1.48. The van der Waals surface area contributed by atoms with E-state index in [-0.39, 0.29) is 0 Å². The van der Waals surface area contributed by atoms with E-state index in [0.717, 1.165) is 18.7 Å². The van der Waals surface area contributed by atoms with E-state index >= 15 is 0 Å². The topological polar surface area (TPSA) is 12.5 Å². The summed E-state index contributed by atoms with van der Waals surface area (Å²) in [4.78, 5) is 2.24. The van der Waals surface area contributed by atoms with Crippen LogP contribution in [0.25, 0.3) is 0 Å². The van der Waals surface area contributed by atoms with Crippen LogP contribution in [-0.2, 0) is 0 Å². The molecule has 2 heteroatoms. The summed E-state index contributed by atoms with van der Waals surface area (Å²) in [6.07, 6.45) is 5.46. The summed E-state index contributed by atoms with van der Waals surface area (Å²) >= 11 is 0. The van der Waals surface area contributed by atoms with Gasteiger partial charge in [0.15, 0.2) is 0 Å². The molecule has 1 aliphatic rings. The Balaban J connectivity index is 2.17. The molecule has 0 atom stereocenters. The molecule has 0 fully saturated rings. The molecule has 0 unspecified atom stereocenters. The van der Waals surface area contributed by atoms with Gasteiger partial charge in [-0.05, 0) is 30.7 Å². The lowest BCUT2D eigenvalue weighted by molar-refractivity contribution is 0.415. The predicted octanol–water partition coefficient (Wildman–Crippen LogP) is 2.42. The highest BCUT2D eigenvalue weighted by atomic mass is 16.5. The highest BCUT2D eigenvalue weighted by Gasteiger charge is 2.05. The first-order valence-corrected chi connectivity index (χ1v) is 4.47. The van der Waals surface area contributed by atoms with Crippen LogP contribution in [-0.4, -0.2) is 13.7 Å². The lowest BCUT2D eigenvalue weighted by Crippen LogP contribution is -2.11. The molecule has 68 valence electrons. The van der Waals surface area contributed by atoms with Crippen molar-refractivity contribution in [3.05, 3.63) is 36.5 Å². The van der Waals surface area contributed by atoms with Gasteiger partial charge >= 0.3 is 0 Å². The van der Waals surface area contributed by atoms with Gasteiger partial charge in [-0.1, -0.05) is 6.08 Å². The quantitative estimate of drug-likeness (QED) is 0.684. The molecular weight excluding hydrogens is 162 g/mol. The molecule has 13 heavy (non-hydrogen) atoms. The zero-order chi connectivity index (χ0) is 9.10. The third-order valence-corrected chi connectivity index (χ3v) is 2.23. The highest BCUT2D eigenvalue weighted by molar-refractivity contribution is 5.52. The molecule has 0 bridgehead atoms. The third-order valence-electron chi connectivity index (χ3n) is 2.23. The zero-order valence-corrected chi connectivity index (χ0v) is 7.73. The summed E-state index contributed by atoms with van der Waals surface area (Å²) in [5.41, 5.74) is 1.23. The van der Waals surface area contributed by atoms with Gasteiger partial charge < -0.3 is 9.64 Å². The molecule has 0 N–H and O–H groups in total. The Labute approximate surface area is 78.4 Å². The molecular formula is C11H13NO. The van der Waals surface area contributed by atoms with Crippen molar-refractivity contribution in [2.24, 2.45) is 0 Å². The molecule has 0 saturated carbocycles. The van der Waals surface area contributed by atoms with Crippen molar-refractivity contribution in [3.63, 3.8) is 0 Å². The monoisotopic (exact) mass is 175 g/mol. The Morgan fingerprint density at radius 2 is 2.00 bits per heavy atom. The fraction of sp³-hybridized carbons (Fsp3) is 0.273. The second kappa shape index (κ2) is 3.52. The number of hydrogen-bond acceptors (Lipinski definition) is 2. The lowest BCUT2D eigenvalue weighted by atomic mass is 10.3. The van der Waals surface area contributed by atoms with Crippen LogP contribution in [0.5, 0.6) is 5.75 Å². The van der Waals surface area contributed by atoms with Crippen LogP contribution in [0.2, 0.25) is 0 Å². The Kier molecular flexibility index (Phi) is 2.21. The van der Waals surface area contributed by atoms with E-state index in [1.807, 2.05) is 12.1 Å². The second-order valence-electron chi connectivity index (χ2n) is 3.06. The zero-order valence-electron chi connectivity index (χ0n) is 7.73. The maximum atomic E-state index is 5.10. The first kappa shape index (κ1) is 8.17. The van der Waals surface area contributed by atoms with Gasteiger partial charge in [-0.2, -0.15) is 0 Å². The number of methoxy groups -OCH3 is 1. The minimum absolute atomic E-state index is 0.909.